The fourth-order valence-electron chi connectivity index (χ4n) is 3.75. The summed E-state index contributed by atoms with van der Waals surface area (Å²) >= 11 is 1.97. The fraction of sp³-hybridized carbons (Fsp3) is 0.769. The van der Waals surface area contributed by atoms with Gasteiger partial charge in [0, 0.05) is 11.8 Å². The number of carboxylic acids is 1. The first-order chi connectivity index (χ1) is 9.21. The van der Waals surface area contributed by atoms with Crippen LogP contribution in [0.1, 0.15) is 20.3 Å². The standard InChI is InChI=1S/C13H15IO6/c1-13(2,14)12(18)20-9-4-3-5-7(6(4)10(15)16)11(17)19-8(5)9/h4-9H,3H2,1-2H3,(H,15,16). The normalized spacial score (nSPS) is 41.6. The van der Waals surface area contributed by atoms with Crippen LogP contribution in [0.2, 0.25) is 0 Å². The van der Waals surface area contributed by atoms with E-state index in [4.69, 9.17) is 9.47 Å². The maximum atomic E-state index is 12.0. The largest absolute Gasteiger partial charge is 0.481 e. The first kappa shape index (κ1) is 14.1. The molecule has 110 valence electrons. The van der Waals surface area contributed by atoms with Crippen LogP contribution in [-0.4, -0.2) is 38.6 Å². The first-order valence-electron chi connectivity index (χ1n) is 6.55. The van der Waals surface area contributed by atoms with Crippen molar-refractivity contribution in [2.24, 2.45) is 23.7 Å². The highest BCUT2D eigenvalue weighted by Gasteiger charge is 2.70. The van der Waals surface area contributed by atoms with Crippen molar-refractivity contribution in [3.05, 3.63) is 0 Å². The van der Waals surface area contributed by atoms with E-state index in [0.717, 1.165) is 0 Å². The van der Waals surface area contributed by atoms with Crippen LogP contribution in [0.15, 0.2) is 0 Å². The van der Waals surface area contributed by atoms with Gasteiger partial charge in [0.05, 0.1) is 11.8 Å². The molecule has 7 heteroatoms. The first-order valence-corrected chi connectivity index (χ1v) is 7.63. The van der Waals surface area contributed by atoms with Crippen LogP contribution in [0.25, 0.3) is 0 Å². The number of esters is 2. The summed E-state index contributed by atoms with van der Waals surface area (Å²) in [4.78, 5) is 35.2. The Morgan fingerprint density at radius 1 is 1.40 bits per heavy atom. The highest BCUT2D eigenvalue weighted by atomic mass is 127. The molecule has 0 aromatic rings. The van der Waals surface area contributed by atoms with Gasteiger partial charge in [-0.15, -0.1) is 0 Å². The van der Waals surface area contributed by atoms with Crippen molar-refractivity contribution >= 4 is 40.5 Å². The lowest BCUT2D eigenvalue weighted by Gasteiger charge is -2.30. The van der Waals surface area contributed by atoms with Gasteiger partial charge in [0.15, 0.2) is 0 Å². The monoisotopic (exact) mass is 394 g/mol. The Morgan fingerprint density at radius 2 is 2.05 bits per heavy atom. The van der Waals surface area contributed by atoms with Crippen molar-refractivity contribution < 1.29 is 29.0 Å². The lowest BCUT2D eigenvalue weighted by atomic mass is 9.78. The Kier molecular flexibility index (Phi) is 3.04. The SMILES string of the molecule is CC(C)(I)C(=O)OC1C2CC3C1OC(=O)C3C2C(=O)O. The van der Waals surface area contributed by atoms with E-state index in [-0.39, 0.29) is 11.8 Å². The molecule has 6 unspecified atom stereocenters. The average Bonchev–Trinajstić information content (AvgIpc) is 2.90. The molecule has 2 aliphatic carbocycles. The predicted octanol–water partition coefficient (Wildman–Crippen LogP) is 1.00. The third-order valence-electron chi connectivity index (χ3n) is 4.56. The van der Waals surface area contributed by atoms with Gasteiger partial charge in [0.25, 0.3) is 0 Å². The molecular formula is C13H15IO6. The molecule has 0 amide bonds. The van der Waals surface area contributed by atoms with E-state index < -0.39 is 45.4 Å². The number of aliphatic carboxylic acids is 1. The van der Waals surface area contributed by atoms with Gasteiger partial charge in [-0.2, -0.15) is 0 Å². The number of fused-ring (bicyclic) bond motifs is 1. The fourth-order valence-corrected chi connectivity index (χ4v) is 3.87. The lowest BCUT2D eigenvalue weighted by molar-refractivity contribution is -0.165. The Bertz CT molecular complexity index is 496. The van der Waals surface area contributed by atoms with Gasteiger partial charge in [-0.3, -0.25) is 14.4 Å². The smallest absolute Gasteiger partial charge is 0.321 e. The third-order valence-corrected chi connectivity index (χ3v) is 5.00. The van der Waals surface area contributed by atoms with Crippen molar-refractivity contribution in [1.82, 2.24) is 0 Å². The van der Waals surface area contributed by atoms with Crippen molar-refractivity contribution in [1.29, 1.82) is 0 Å². The topological polar surface area (TPSA) is 89.9 Å². The minimum absolute atomic E-state index is 0.122. The zero-order chi connectivity index (χ0) is 14.8. The summed E-state index contributed by atoms with van der Waals surface area (Å²) in [6.45, 7) is 3.45. The van der Waals surface area contributed by atoms with Crippen LogP contribution < -0.4 is 0 Å². The summed E-state index contributed by atoms with van der Waals surface area (Å²) in [5, 5.41) is 9.34. The highest BCUT2D eigenvalue weighted by Crippen LogP contribution is 2.58. The van der Waals surface area contributed by atoms with Gasteiger partial charge in [0.2, 0.25) is 0 Å². The number of rotatable bonds is 3. The summed E-state index contributed by atoms with van der Waals surface area (Å²) in [5.41, 5.74) is 0. The van der Waals surface area contributed by atoms with Gasteiger partial charge in [0.1, 0.15) is 15.6 Å². The molecule has 1 N–H and O–H groups in total. The van der Waals surface area contributed by atoms with E-state index in [2.05, 4.69) is 0 Å². The molecule has 6 atom stereocenters. The second kappa shape index (κ2) is 4.32. The molecule has 1 aliphatic heterocycles. The van der Waals surface area contributed by atoms with Gasteiger partial charge >= 0.3 is 17.9 Å². The van der Waals surface area contributed by atoms with E-state index in [1.807, 2.05) is 22.6 Å². The second-order valence-electron chi connectivity index (χ2n) is 6.20. The second-order valence-corrected chi connectivity index (χ2v) is 8.89. The van der Waals surface area contributed by atoms with Crippen LogP contribution in [0.4, 0.5) is 0 Å². The molecule has 2 saturated carbocycles. The Morgan fingerprint density at radius 3 is 2.60 bits per heavy atom. The quantitative estimate of drug-likeness (QED) is 0.437. The molecule has 0 aromatic heterocycles. The minimum atomic E-state index is -1.01. The van der Waals surface area contributed by atoms with E-state index >= 15 is 0 Å². The molecule has 0 spiro atoms. The van der Waals surface area contributed by atoms with Crippen molar-refractivity contribution in [3.63, 3.8) is 0 Å². The third kappa shape index (κ3) is 1.85. The number of carboxylic acid groups (broad SMARTS) is 1. The molecule has 0 radical (unpaired) electrons. The van der Waals surface area contributed by atoms with E-state index in [9.17, 15) is 19.5 Å². The molecule has 3 fully saturated rings. The van der Waals surface area contributed by atoms with Crippen molar-refractivity contribution in [2.75, 3.05) is 0 Å². The van der Waals surface area contributed by atoms with Crippen molar-refractivity contribution in [3.8, 4) is 0 Å². The van der Waals surface area contributed by atoms with Crippen LogP contribution in [0.3, 0.4) is 0 Å². The number of hydrogen-bond donors (Lipinski definition) is 1. The zero-order valence-electron chi connectivity index (χ0n) is 11.0. The van der Waals surface area contributed by atoms with Gasteiger partial charge in [-0.1, -0.05) is 22.6 Å². The molecule has 1 saturated heterocycles. The summed E-state index contributed by atoms with van der Waals surface area (Å²) in [7, 11) is 0. The van der Waals surface area contributed by atoms with Crippen molar-refractivity contribution in [2.45, 2.75) is 35.9 Å². The lowest BCUT2D eigenvalue weighted by Crippen LogP contribution is -2.45. The number of alkyl halides is 1. The Hall–Kier alpha value is -0.860. The molecular weight excluding hydrogens is 379 g/mol. The molecule has 6 nitrogen and oxygen atoms in total. The minimum Gasteiger partial charge on any atom is -0.481 e. The number of ether oxygens (including phenoxy) is 2. The van der Waals surface area contributed by atoms with Gasteiger partial charge < -0.3 is 14.6 Å². The Labute approximate surface area is 129 Å². The molecule has 3 rings (SSSR count). The van der Waals surface area contributed by atoms with Crippen LogP contribution in [0.5, 0.6) is 0 Å². The van der Waals surface area contributed by atoms with Crippen LogP contribution >= 0.6 is 22.6 Å². The highest BCUT2D eigenvalue weighted by molar-refractivity contribution is 14.1. The number of carbonyl (C=O) groups is 3. The number of halogens is 1. The van der Waals surface area contributed by atoms with Crippen LogP contribution in [0, 0.1) is 23.7 Å². The van der Waals surface area contributed by atoms with Crippen LogP contribution in [-0.2, 0) is 23.9 Å². The summed E-state index contributed by atoms with van der Waals surface area (Å²) in [6, 6.07) is 0. The summed E-state index contributed by atoms with van der Waals surface area (Å²) in [5.74, 6) is -3.66. The zero-order valence-corrected chi connectivity index (χ0v) is 13.2. The molecule has 0 aromatic carbocycles. The summed E-state index contributed by atoms with van der Waals surface area (Å²) < 4.78 is 10.1. The van der Waals surface area contributed by atoms with E-state index in [1.54, 1.807) is 13.8 Å². The summed E-state index contributed by atoms with van der Waals surface area (Å²) in [6.07, 6.45) is -0.501. The number of hydrogen-bond acceptors (Lipinski definition) is 5. The maximum absolute atomic E-state index is 12.0. The predicted molar refractivity (Wildman–Crippen MR) is 74.1 cm³/mol. The van der Waals surface area contributed by atoms with Gasteiger partial charge in [-0.05, 0) is 20.3 Å². The molecule has 20 heavy (non-hydrogen) atoms. The van der Waals surface area contributed by atoms with Gasteiger partial charge in [-0.25, -0.2) is 0 Å². The molecule has 2 bridgehead atoms. The maximum Gasteiger partial charge on any atom is 0.321 e. The van der Waals surface area contributed by atoms with E-state index in [0.29, 0.717) is 6.42 Å². The van der Waals surface area contributed by atoms with E-state index in [1.165, 1.54) is 0 Å². The molecule has 3 aliphatic rings. The molecule has 1 heterocycles. The average molecular weight is 394 g/mol. The Balaban J connectivity index is 1.86. The number of carbonyl (C=O) groups excluding carboxylic acids is 2.